The van der Waals surface area contributed by atoms with E-state index in [4.69, 9.17) is 10.00 Å². The molecule has 33 heavy (non-hydrogen) atoms. The van der Waals surface area contributed by atoms with Crippen LogP contribution in [-0.4, -0.2) is 51.2 Å². The van der Waals surface area contributed by atoms with Gasteiger partial charge in [-0.2, -0.15) is 5.26 Å². The van der Waals surface area contributed by atoms with Crippen LogP contribution in [0.25, 0.3) is 33.1 Å². The molecule has 1 aromatic carbocycles. The summed E-state index contributed by atoms with van der Waals surface area (Å²) in [6.45, 7) is 1.84. The molecule has 3 aromatic heterocycles. The molecule has 166 valence electrons. The van der Waals surface area contributed by atoms with E-state index in [-0.39, 0.29) is 11.6 Å². The lowest BCUT2D eigenvalue weighted by molar-refractivity contribution is 0.205. The molecule has 1 fully saturated rings. The molecule has 9 heteroatoms. The molecule has 1 saturated heterocycles. The maximum absolute atomic E-state index is 15.0. The first-order chi connectivity index (χ1) is 16.1. The summed E-state index contributed by atoms with van der Waals surface area (Å²) in [4.78, 5) is 27.9. The van der Waals surface area contributed by atoms with E-state index >= 15 is 4.39 Å². The Morgan fingerprint density at radius 2 is 1.91 bits per heavy atom. The van der Waals surface area contributed by atoms with Gasteiger partial charge in [0.1, 0.15) is 11.3 Å². The number of methoxy groups -OCH3 is 1. The maximum Gasteiger partial charge on any atom is 0.269 e. The van der Waals surface area contributed by atoms with Crippen molar-refractivity contribution in [3.63, 3.8) is 0 Å². The lowest BCUT2D eigenvalue weighted by Gasteiger charge is -2.32. The molecule has 8 nitrogen and oxygen atoms in total. The van der Waals surface area contributed by atoms with Crippen molar-refractivity contribution in [2.75, 3.05) is 26.7 Å². The van der Waals surface area contributed by atoms with Gasteiger partial charge in [-0.25, -0.2) is 14.4 Å². The fourth-order valence-electron chi connectivity index (χ4n) is 4.51. The van der Waals surface area contributed by atoms with Crippen LogP contribution in [0.3, 0.4) is 0 Å². The average molecular weight is 444 g/mol. The number of hydrogen-bond acceptors (Lipinski definition) is 7. The van der Waals surface area contributed by atoms with E-state index in [0.717, 1.165) is 25.9 Å². The number of aromatic nitrogens is 4. The number of benzene rings is 1. The van der Waals surface area contributed by atoms with Gasteiger partial charge in [0.05, 0.1) is 43.2 Å². The lowest BCUT2D eigenvalue weighted by atomic mass is 10.0. The Balaban J connectivity index is 1.69. The van der Waals surface area contributed by atoms with Gasteiger partial charge in [0, 0.05) is 54.0 Å². The molecule has 0 N–H and O–H groups in total. The SMILES string of the molecule is COc1ccc(-c2cc3c(cc2F)ncc2ncc(=O)n(C4CCN(CC#N)CC4)c23)cn1. The quantitative estimate of drug-likeness (QED) is 0.352. The van der Waals surface area contributed by atoms with E-state index in [1.54, 1.807) is 35.2 Å². The number of likely N-dealkylation sites (tertiary alicyclic amines) is 1. The van der Waals surface area contributed by atoms with Gasteiger partial charge in [-0.1, -0.05) is 0 Å². The number of ether oxygens (including phenoxy) is 1. The predicted octanol–water partition coefficient (Wildman–Crippen LogP) is 3.31. The summed E-state index contributed by atoms with van der Waals surface area (Å²) in [6.07, 6.45) is 5.92. The van der Waals surface area contributed by atoms with Gasteiger partial charge in [0.15, 0.2) is 0 Å². The van der Waals surface area contributed by atoms with Crippen LogP contribution >= 0.6 is 0 Å². The van der Waals surface area contributed by atoms with Gasteiger partial charge in [0.25, 0.3) is 5.56 Å². The minimum Gasteiger partial charge on any atom is -0.481 e. The number of rotatable bonds is 4. The van der Waals surface area contributed by atoms with Crippen LogP contribution in [-0.2, 0) is 0 Å². The van der Waals surface area contributed by atoms with E-state index in [1.165, 1.54) is 19.4 Å². The highest BCUT2D eigenvalue weighted by molar-refractivity contribution is 6.03. The summed E-state index contributed by atoms with van der Waals surface area (Å²) >= 11 is 0. The topological polar surface area (TPSA) is 96.9 Å². The second kappa shape index (κ2) is 8.56. The first kappa shape index (κ1) is 21.0. The van der Waals surface area contributed by atoms with E-state index in [2.05, 4.69) is 25.9 Å². The number of nitrogens with zero attached hydrogens (tertiary/aromatic N) is 6. The number of fused-ring (bicyclic) bond motifs is 3. The Morgan fingerprint density at radius 3 is 2.61 bits per heavy atom. The van der Waals surface area contributed by atoms with E-state index in [0.29, 0.717) is 45.5 Å². The highest BCUT2D eigenvalue weighted by Gasteiger charge is 2.24. The molecule has 0 spiro atoms. The zero-order valence-electron chi connectivity index (χ0n) is 18.0. The third-order valence-electron chi connectivity index (χ3n) is 6.17. The summed E-state index contributed by atoms with van der Waals surface area (Å²) in [5, 5.41) is 9.63. The van der Waals surface area contributed by atoms with Crippen molar-refractivity contribution in [2.24, 2.45) is 0 Å². The third-order valence-corrected chi connectivity index (χ3v) is 6.17. The summed E-state index contributed by atoms with van der Waals surface area (Å²) in [5.74, 6) is 0.0109. The second-order valence-corrected chi connectivity index (χ2v) is 8.06. The lowest BCUT2D eigenvalue weighted by Crippen LogP contribution is -2.37. The largest absolute Gasteiger partial charge is 0.481 e. The smallest absolute Gasteiger partial charge is 0.269 e. The number of pyridine rings is 2. The molecule has 4 aromatic rings. The van der Waals surface area contributed by atoms with E-state index in [1.807, 2.05) is 0 Å². The van der Waals surface area contributed by atoms with Crippen LogP contribution in [0, 0.1) is 17.1 Å². The van der Waals surface area contributed by atoms with Crippen LogP contribution in [0.2, 0.25) is 0 Å². The third kappa shape index (κ3) is 3.79. The summed E-state index contributed by atoms with van der Waals surface area (Å²) in [6, 6.07) is 8.65. The van der Waals surface area contributed by atoms with Gasteiger partial charge in [-0.3, -0.25) is 14.7 Å². The summed E-state index contributed by atoms with van der Waals surface area (Å²) < 4.78 is 21.9. The predicted molar refractivity (Wildman–Crippen MR) is 121 cm³/mol. The van der Waals surface area contributed by atoms with E-state index in [9.17, 15) is 4.79 Å². The van der Waals surface area contributed by atoms with Crippen molar-refractivity contribution < 1.29 is 9.13 Å². The second-order valence-electron chi connectivity index (χ2n) is 8.06. The van der Waals surface area contributed by atoms with Crippen LogP contribution in [0.4, 0.5) is 4.39 Å². The first-order valence-corrected chi connectivity index (χ1v) is 10.7. The van der Waals surface area contributed by atoms with Crippen LogP contribution in [0.1, 0.15) is 18.9 Å². The Bertz CT molecular complexity index is 1440. The van der Waals surface area contributed by atoms with Gasteiger partial charge < -0.3 is 9.30 Å². The number of nitriles is 1. The van der Waals surface area contributed by atoms with E-state index < -0.39 is 5.82 Å². The monoisotopic (exact) mass is 444 g/mol. The molecule has 5 rings (SSSR count). The molecular formula is C24H21FN6O2. The normalized spacial score (nSPS) is 15.1. The van der Waals surface area contributed by atoms with Crippen LogP contribution in [0.5, 0.6) is 5.88 Å². The molecule has 4 heterocycles. The molecule has 0 bridgehead atoms. The number of halogens is 1. The van der Waals surface area contributed by atoms with Crippen LogP contribution < -0.4 is 10.3 Å². The van der Waals surface area contributed by atoms with Gasteiger partial charge in [-0.15, -0.1) is 0 Å². The Hall–Kier alpha value is -3.90. The molecule has 0 saturated carbocycles. The standard InChI is InChI=1S/C24H21FN6O2/c1-33-22-3-2-15(12-29-22)17-10-18-20(11-19(17)25)27-13-21-24(18)31(23(32)14-28-21)16-4-7-30(8-5-16)9-6-26/h2-3,10-14,16H,4-5,7-9H2,1H3. The molecule has 0 amide bonds. The summed E-state index contributed by atoms with van der Waals surface area (Å²) in [5.41, 5.74) is 2.42. The van der Waals surface area contributed by atoms with Gasteiger partial charge in [-0.05, 0) is 25.0 Å². The first-order valence-electron chi connectivity index (χ1n) is 10.7. The minimum absolute atomic E-state index is 0.0419. The zero-order chi connectivity index (χ0) is 22.9. The fourth-order valence-corrected chi connectivity index (χ4v) is 4.51. The Morgan fingerprint density at radius 1 is 1.12 bits per heavy atom. The Labute approximate surface area is 188 Å². The molecule has 0 aliphatic carbocycles. The van der Waals surface area contributed by atoms with Crippen LogP contribution in [0.15, 0.2) is 47.7 Å². The minimum atomic E-state index is -0.427. The molecule has 0 atom stereocenters. The molecule has 0 radical (unpaired) electrons. The molecule has 0 unspecified atom stereocenters. The highest BCUT2D eigenvalue weighted by Crippen LogP contribution is 2.32. The van der Waals surface area contributed by atoms with Crippen molar-refractivity contribution in [2.45, 2.75) is 18.9 Å². The summed E-state index contributed by atoms with van der Waals surface area (Å²) in [7, 11) is 1.52. The molecule has 1 aliphatic rings. The van der Waals surface area contributed by atoms with Gasteiger partial charge in [0.2, 0.25) is 5.88 Å². The zero-order valence-corrected chi connectivity index (χ0v) is 18.0. The molecular weight excluding hydrogens is 423 g/mol. The van der Waals surface area contributed by atoms with Crippen molar-refractivity contribution in [3.05, 3.63) is 59.0 Å². The van der Waals surface area contributed by atoms with Crippen molar-refractivity contribution in [3.8, 4) is 23.1 Å². The Kier molecular flexibility index (Phi) is 5.44. The van der Waals surface area contributed by atoms with Crippen molar-refractivity contribution >= 4 is 21.9 Å². The maximum atomic E-state index is 15.0. The van der Waals surface area contributed by atoms with Gasteiger partial charge >= 0.3 is 0 Å². The fraction of sp³-hybridized carbons (Fsp3) is 0.292. The number of hydrogen-bond donors (Lipinski definition) is 0. The average Bonchev–Trinajstić information content (AvgIpc) is 2.84. The van der Waals surface area contributed by atoms with Crippen molar-refractivity contribution in [1.82, 2.24) is 24.4 Å². The highest BCUT2D eigenvalue weighted by atomic mass is 19.1. The number of piperidine rings is 1. The van der Waals surface area contributed by atoms with Crippen molar-refractivity contribution in [1.29, 1.82) is 5.26 Å². The molecule has 1 aliphatic heterocycles.